The fourth-order valence-corrected chi connectivity index (χ4v) is 2.68. The van der Waals surface area contributed by atoms with Crippen LogP contribution < -0.4 is 0 Å². The zero-order valence-corrected chi connectivity index (χ0v) is 8.71. The van der Waals surface area contributed by atoms with Gasteiger partial charge in [0.1, 0.15) is 0 Å². The van der Waals surface area contributed by atoms with Crippen LogP contribution in [0.25, 0.3) is 0 Å². The van der Waals surface area contributed by atoms with Crippen LogP contribution in [-0.2, 0) is 0 Å². The van der Waals surface area contributed by atoms with Gasteiger partial charge in [0.2, 0.25) is 0 Å². The largest absolute Gasteiger partial charge is 0.303 e. The number of fused-ring (bicyclic) bond motifs is 1. The molecule has 1 heteroatoms. The first-order valence-corrected chi connectivity index (χ1v) is 5.77. The molecule has 1 nitrogen and oxygen atoms in total. The molecule has 2 atom stereocenters. The second kappa shape index (κ2) is 4.28. The highest BCUT2D eigenvalue weighted by atomic mass is 15.1. The van der Waals surface area contributed by atoms with E-state index in [0.29, 0.717) is 0 Å². The second-order valence-electron chi connectivity index (χ2n) is 4.58. The monoisotopic (exact) mass is 179 g/mol. The van der Waals surface area contributed by atoms with Gasteiger partial charge in [0.15, 0.2) is 0 Å². The Balaban J connectivity index is 1.80. The maximum Gasteiger partial charge on any atom is 0.00160 e. The lowest BCUT2D eigenvalue weighted by molar-refractivity contribution is 0.316. The molecule has 1 heterocycles. The van der Waals surface area contributed by atoms with Crippen molar-refractivity contribution in [3.05, 3.63) is 12.2 Å². The minimum atomic E-state index is 0.988. The van der Waals surface area contributed by atoms with Gasteiger partial charge in [0, 0.05) is 13.1 Å². The van der Waals surface area contributed by atoms with Crippen molar-refractivity contribution in [3.63, 3.8) is 0 Å². The fourth-order valence-electron chi connectivity index (χ4n) is 2.68. The van der Waals surface area contributed by atoms with Gasteiger partial charge in [0.25, 0.3) is 0 Å². The lowest BCUT2D eigenvalue weighted by Crippen LogP contribution is -2.21. The Morgan fingerprint density at radius 2 is 1.77 bits per heavy atom. The van der Waals surface area contributed by atoms with E-state index in [-0.39, 0.29) is 0 Å². The number of hydrogen-bond acceptors (Lipinski definition) is 1. The first-order valence-electron chi connectivity index (χ1n) is 5.77. The van der Waals surface area contributed by atoms with Crippen molar-refractivity contribution < 1.29 is 0 Å². The lowest BCUT2D eigenvalue weighted by atomic mass is 9.86. The van der Waals surface area contributed by atoms with E-state index in [0.717, 1.165) is 11.8 Å². The molecule has 2 aliphatic rings. The summed E-state index contributed by atoms with van der Waals surface area (Å²) in [6.45, 7) is 6.36. The van der Waals surface area contributed by atoms with Crippen molar-refractivity contribution in [2.75, 3.05) is 19.6 Å². The molecule has 1 aliphatic heterocycles. The Morgan fingerprint density at radius 1 is 1.15 bits per heavy atom. The Morgan fingerprint density at radius 3 is 2.31 bits per heavy atom. The molecule has 13 heavy (non-hydrogen) atoms. The molecule has 1 aliphatic carbocycles. The fraction of sp³-hybridized carbons (Fsp3) is 0.833. The number of hydrogen-bond donors (Lipinski definition) is 0. The summed E-state index contributed by atoms with van der Waals surface area (Å²) in [6.07, 6.45) is 10.2. The van der Waals surface area contributed by atoms with Crippen LogP contribution in [0.1, 0.15) is 32.6 Å². The van der Waals surface area contributed by atoms with Gasteiger partial charge in [-0.2, -0.15) is 0 Å². The second-order valence-corrected chi connectivity index (χ2v) is 4.58. The number of nitrogens with zero attached hydrogens (tertiary/aromatic N) is 1. The number of rotatable bonds is 3. The molecule has 0 amide bonds. The standard InChI is InChI=1S/C12H21N/c1-2-3-8-13-9-11-6-4-5-7-12(11)10-13/h4-5,11-12H,2-3,6-10H2,1H3/t11-,12-/m0/s1. The molecular weight excluding hydrogens is 158 g/mol. The van der Waals surface area contributed by atoms with Crippen LogP contribution in [0.5, 0.6) is 0 Å². The zero-order valence-electron chi connectivity index (χ0n) is 8.71. The average molecular weight is 179 g/mol. The van der Waals surface area contributed by atoms with Crippen molar-refractivity contribution >= 4 is 0 Å². The van der Waals surface area contributed by atoms with Crippen LogP contribution in [0.3, 0.4) is 0 Å². The van der Waals surface area contributed by atoms with Crippen molar-refractivity contribution in [1.29, 1.82) is 0 Å². The molecule has 0 aromatic carbocycles. The van der Waals surface area contributed by atoms with Crippen LogP contribution in [0, 0.1) is 11.8 Å². The minimum Gasteiger partial charge on any atom is -0.303 e. The smallest absolute Gasteiger partial charge is 0.00160 e. The summed E-state index contributed by atoms with van der Waals surface area (Å²) in [5.41, 5.74) is 0. The Kier molecular flexibility index (Phi) is 3.05. The van der Waals surface area contributed by atoms with E-state index in [2.05, 4.69) is 24.0 Å². The van der Waals surface area contributed by atoms with Gasteiger partial charge in [-0.1, -0.05) is 25.5 Å². The molecule has 0 aromatic heterocycles. The topological polar surface area (TPSA) is 3.24 Å². The van der Waals surface area contributed by atoms with Gasteiger partial charge in [-0.25, -0.2) is 0 Å². The number of unbranched alkanes of at least 4 members (excludes halogenated alkanes) is 1. The normalized spacial score (nSPS) is 33.6. The molecule has 0 aromatic rings. The first-order chi connectivity index (χ1) is 6.40. The highest BCUT2D eigenvalue weighted by Crippen LogP contribution is 2.32. The van der Waals surface area contributed by atoms with Crippen LogP contribution in [-0.4, -0.2) is 24.5 Å². The Bertz CT molecular complexity index is 170. The lowest BCUT2D eigenvalue weighted by Gasteiger charge is -2.18. The molecule has 0 unspecified atom stereocenters. The summed E-state index contributed by atoms with van der Waals surface area (Å²) in [6, 6.07) is 0. The average Bonchev–Trinajstić information content (AvgIpc) is 2.57. The third-order valence-electron chi connectivity index (χ3n) is 3.52. The molecule has 2 rings (SSSR count). The van der Waals surface area contributed by atoms with E-state index in [9.17, 15) is 0 Å². The molecule has 1 fully saturated rings. The molecule has 0 bridgehead atoms. The molecule has 0 N–H and O–H groups in total. The third kappa shape index (κ3) is 2.14. The number of allylic oxidation sites excluding steroid dienone is 2. The van der Waals surface area contributed by atoms with E-state index < -0.39 is 0 Å². The van der Waals surface area contributed by atoms with E-state index >= 15 is 0 Å². The summed E-state index contributed by atoms with van der Waals surface area (Å²) >= 11 is 0. The quantitative estimate of drug-likeness (QED) is 0.602. The van der Waals surface area contributed by atoms with Gasteiger partial charge in [-0.15, -0.1) is 0 Å². The predicted octanol–water partition coefficient (Wildman–Crippen LogP) is 2.68. The SMILES string of the molecule is CCCCN1C[C@@H]2CC=CC[C@H]2C1. The van der Waals surface area contributed by atoms with E-state index in [1.807, 2.05) is 0 Å². The molecule has 1 saturated heterocycles. The minimum absolute atomic E-state index is 0.988. The van der Waals surface area contributed by atoms with Gasteiger partial charge in [-0.05, 0) is 37.6 Å². The van der Waals surface area contributed by atoms with Gasteiger partial charge in [-0.3, -0.25) is 0 Å². The van der Waals surface area contributed by atoms with E-state index in [4.69, 9.17) is 0 Å². The molecular formula is C12H21N. The van der Waals surface area contributed by atoms with Crippen molar-refractivity contribution in [3.8, 4) is 0 Å². The van der Waals surface area contributed by atoms with Gasteiger partial charge >= 0.3 is 0 Å². The number of likely N-dealkylation sites (tertiary alicyclic amines) is 1. The summed E-state index contributed by atoms with van der Waals surface area (Å²) < 4.78 is 0. The van der Waals surface area contributed by atoms with E-state index in [1.54, 1.807) is 0 Å². The third-order valence-corrected chi connectivity index (χ3v) is 3.52. The van der Waals surface area contributed by atoms with Crippen molar-refractivity contribution in [2.24, 2.45) is 11.8 Å². The Labute approximate surface area is 81.8 Å². The maximum absolute atomic E-state index is 2.67. The molecule has 0 radical (unpaired) electrons. The van der Waals surface area contributed by atoms with Crippen LogP contribution in [0.4, 0.5) is 0 Å². The molecule has 0 saturated carbocycles. The highest BCUT2D eigenvalue weighted by molar-refractivity contribution is 4.99. The summed E-state index contributed by atoms with van der Waals surface area (Å²) in [7, 11) is 0. The highest BCUT2D eigenvalue weighted by Gasteiger charge is 2.31. The zero-order chi connectivity index (χ0) is 9.10. The van der Waals surface area contributed by atoms with Gasteiger partial charge < -0.3 is 4.90 Å². The van der Waals surface area contributed by atoms with Crippen LogP contribution >= 0.6 is 0 Å². The van der Waals surface area contributed by atoms with E-state index in [1.165, 1.54) is 45.3 Å². The summed E-state index contributed by atoms with van der Waals surface area (Å²) in [5, 5.41) is 0. The Hall–Kier alpha value is -0.300. The van der Waals surface area contributed by atoms with Gasteiger partial charge in [0.05, 0.1) is 0 Å². The summed E-state index contributed by atoms with van der Waals surface area (Å²) in [5.74, 6) is 1.98. The van der Waals surface area contributed by atoms with Crippen molar-refractivity contribution in [2.45, 2.75) is 32.6 Å². The molecule has 74 valence electrons. The first kappa shape index (κ1) is 9.26. The van der Waals surface area contributed by atoms with Crippen LogP contribution in [0.2, 0.25) is 0 Å². The maximum atomic E-state index is 2.67. The van der Waals surface area contributed by atoms with Crippen LogP contribution in [0.15, 0.2) is 12.2 Å². The predicted molar refractivity (Wildman–Crippen MR) is 56.7 cm³/mol. The van der Waals surface area contributed by atoms with Crippen molar-refractivity contribution in [1.82, 2.24) is 4.90 Å². The molecule has 0 spiro atoms. The summed E-state index contributed by atoms with van der Waals surface area (Å²) in [4.78, 5) is 2.67.